The lowest BCUT2D eigenvalue weighted by atomic mass is 9.79. The Bertz CT molecular complexity index is 422. The Morgan fingerprint density at radius 3 is 2.10 bits per heavy atom. The summed E-state index contributed by atoms with van der Waals surface area (Å²) in [7, 11) is 4.85. The maximum absolute atomic E-state index is 5.72. The van der Waals surface area contributed by atoms with E-state index in [-0.39, 0.29) is 6.04 Å². The zero-order valence-electron chi connectivity index (χ0n) is 12.4. The van der Waals surface area contributed by atoms with Crippen LogP contribution in [0, 0.1) is 5.92 Å². The van der Waals surface area contributed by atoms with Gasteiger partial charge in [0.15, 0.2) is 11.5 Å². The Balaban J connectivity index is 2.28. The highest BCUT2D eigenvalue weighted by Gasteiger charge is 2.24. The fourth-order valence-electron chi connectivity index (χ4n) is 2.66. The Morgan fingerprint density at radius 1 is 1.15 bits per heavy atom. The second-order valence-electron chi connectivity index (χ2n) is 5.21. The molecule has 1 unspecified atom stereocenters. The van der Waals surface area contributed by atoms with Crippen molar-refractivity contribution in [3.63, 3.8) is 0 Å². The molecule has 0 radical (unpaired) electrons. The van der Waals surface area contributed by atoms with Crippen LogP contribution in [0.5, 0.6) is 17.2 Å². The molecular formula is C15H24N2O3. The van der Waals surface area contributed by atoms with Gasteiger partial charge in [0.05, 0.1) is 21.3 Å². The van der Waals surface area contributed by atoms with Gasteiger partial charge < -0.3 is 14.2 Å². The predicted octanol–water partition coefficient (Wildman–Crippen LogP) is 2.41. The summed E-state index contributed by atoms with van der Waals surface area (Å²) in [5.74, 6) is 8.42. The Labute approximate surface area is 120 Å². The lowest BCUT2D eigenvalue weighted by molar-refractivity contribution is 0.260. The smallest absolute Gasteiger partial charge is 0.203 e. The molecule has 1 atom stereocenters. The fourth-order valence-corrected chi connectivity index (χ4v) is 2.66. The fraction of sp³-hybridized carbons (Fsp3) is 0.600. The molecule has 0 amide bonds. The molecule has 1 aliphatic rings. The predicted molar refractivity (Wildman–Crippen MR) is 78.1 cm³/mol. The first-order valence-corrected chi connectivity index (χ1v) is 6.99. The lowest BCUT2D eigenvalue weighted by Crippen LogP contribution is -2.31. The highest BCUT2D eigenvalue weighted by atomic mass is 16.5. The van der Waals surface area contributed by atoms with E-state index in [1.165, 1.54) is 19.3 Å². The monoisotopic (exact) mass is 280 g/mol. The van der Waals surface area contributed by atoms with Crippen LogP contribution in [0.2, 0.25) is 0 Å². The number of ether oxygens (including phenoxy) is 3. The Hall–Kier alpha value is -1.46. The molecule has 0 aromatic heterocycles. The number of nitrogens with two attached hydrogens (primary N) is 1. The van der Waals surface area contributed by atoms with E-state index >= 15 is 0 Å². The third kappa shape index (κ3) is 2.99. The highest BCUT2D eigenvalue weighted by Crippen LogP contribution is 2.41. The molecule has 1 saturated carbocycles. The largest absolute Gasteiger partial charge is 0.493 e. The van der Waals surface area contributed by atoms with Crippen LogP contribution in [0.25, 0.3) is 0 Å². The Morgan fingerprint density at radius 2 is 1.75 bits per heavy atom. The summed E-state index contributed by atoms with van der Waals surface area (Å²) < 4.78 is 16.1. The maximum Gasteiger partial charge on any atom is 0.203 e. The van der Waals surface area contributed by atoms with Gasteiger partial charge in [-0.2, -0.15) is 0 Å². The molecule has 0 heterocycles. The van der Waals surface area contributed by atoms with Crippen molar-refractivity contribution in [1.29, 1.82) is 0 Å². The van der Waals surface area contributed by atoms with Crippen LogP contribution in [0.15, 0.2) is 12.1 Å². The second-order valence-corrected chi connectivity index (χ2v) is 5.21. The third-order valence-corrected chi connectivity index (χ3v) is 4.08. The third-order valence-electron chi connectivity index (χ3n) is 4.08. The summed E-state index contributed by atoms with van der Waals surface area (Å²) in [5.41, 5.74) is 3.97. The van der Waals surface area contributed by atoms with Gasteiger partial charge >= 0.3 is 0 Å². The number of benzene rings is 1. The van der Waals surface area contributed by atoms with Crippen LogP contribution in [-0.4, -0.2) is 21.3 Å². The SMILES string of the molecule is COc1cc(C(CC2CCC2)NN)cc(OC)c1OC. The van der Waals surface area contributed by atoms with Gasteiger partial charge in [-0.25, -0.2) is 0 Å². The zero-order chi connectivity index (χ0) is 14.5. The molecule has 0 bridgehead atoms. The second kappa shape index (κ2) is 6.81. The van der Waals surface area contributed by atoms with E-state index in [1.807, 2.05) is 12.1 Å². The van der Waals surface area contributed by atoms with Crippen molar-refractivity contribution < 1.29 is 14.2 Å². The first kappa shape index (κ1) is 14.9. The van der Waals surface area contributed by atoms with Gasteiger partial charge in [-0.05, 0) is 30.0 Å². The van der Waals surface area contributed by atoms with E-state index in [0.717, 1.165) is 17.9 Å². The van der Waals surface area contributed by atoms with E-state index in [9.17, 15) is 0 Å². The van der Waals surface area contributed by atoms with E-state index < -0.39 is 0 Å². The van der Waals surface area contributed by atoms with Crippen LogP contribution in [-0.2, 0) is 0 Å². The van der Waals surface area contributed by atoms with Crippen LogP contribution in [0.1, 0.15) is 37.3 Å². The van der Waals surface area contributed by atoms with Gasteiger partial charge in [0, 0.05) is 6.04 Å². The average molecular weight is 280 g/mol. The minimum Gasteiger partial charge on any atom is -0.493 e. The van der Waals surface area contributed by atoms with Crippen LogP contribution < -0.4 is 25.5 Å². The van der Waals surface area contributed by atoms with Crippen molar-refractivity contribution in [1.82, 2.24) is 5.43 Å². The molecule has 0 saturated heterocycles. The van der Waals surface area contributed by atoms with Crippen molar-refractivity contribution in [3.8, 4) is 17.2 Å². The standard InChI is InChI=1S/C15H24N2O3/c1-18-13-8-11(9-14(19-2)15(13)20-3)12(17-16)7-10-5-4-6-10/h8-10,12,17H,4-7,16H2,1-3H3. The van der Waals surface area contributed by atoms with Gasteiger partial charge in [-0.15, -0.1) is 0 Å². The summed E-state index contributed by atoms with van der Waals surface area (Å²) in [6.45, 7) is 0. The molecular weight excluding hydrogens is 256 g/mol. The van der Waals surface area contributed by atoms with Gasteiger partial charge in [-0.1, -0.05) is 19.3 Å². The molecule has 5 nitrogen and oxygen atoms in total. The number of hydrogen-bond donors (Lipinski definition) is 2. The molecule has 20 heavy (non-hydrogen) atoms. The number of nitrogens with one attached hydrogen (secondary N) is 1. The van der Waals surface area contributed by atoms with Crippen molar-refractivity contribution in [2.24, 2.45) is 11.8 Å². The number of hydrazine groups is 1. The molecule has 3 N–H and O–H groups in total. The summed E-state index contributed by atoms with van der Waals surface area (Å²) in [5, 5.41) is 0. The van der Waals surface area contributed by atoms with E-state index in [0.29, 0.717) is 17.2 Å². The quantitative estimate of drug-likeness (QED) is 0.593. The zero-order valence-corrected chi connectivity index (χ0v) is 12.4. The molecule has 112 valence electrons. The van der Waals surface area contributed by atoms with Gasteiger partial charge in [0.25, 0.3) is 0 Å². The molecule has 5 heteroatoms. The van der Waals surface area contributed by atoms with E-state index in [2.05, 4.69) is 5.43 Å². The first-order chi connectivity index (χ1) is 9.73. The van der Waals surface area contributed by atoms with Gasteiger partial charge in [-0.3, -0.25) is 11.3 Å². The van der Waals surface area contributed by atoms with Crippen molar-refractivity contribution in [2.75, 3.05) is 21.3 Å². The molecule has 2 rings (SSSR count). The highest BCUT2D eigenvalue weighted by molar-refractivity contribution is 5.54. The molecule has 1 aromatic carbocycles. The molecule has 0 aliphatic heterocycles. The molecule has 1 aromatic rings. The topological polar surface area (TPSA) is 65.7 Å². The van der Waals surface area contributed by atoms with Crippen LogP contribution in [0.4, 0.5) is 0 Å². The summed E-state index contributed by atoms with van der Waals surface area (Å²) in [6, 6.07) is 4.03. The minimum atomic E-state index is 0.106. The normalized spacial score (nSPS) is 16.4. The number of hydrogen-bond acceptors (Lipinski definition) is 5. The first-order valence-electron chi connectivity index (χ1n) is 6.99. The maximum atomic E-state index is 5.72. The Kier molecular flexibility index (Phi) is 5.09. The van der Waals surface area contributed by atoms with Crippen molar-refractivity contribution in [2.45, 2.75) is 31.7 Å². The van der Waals surface area contributed by atoms with E-state index in [1.54, 1.807) is 21.3 Å². The number of rotatable bonds is 7. The molecule has 1 aliphatic carbocycles. The molecule has 1 fully saturated rings. The lowest BCUT2D eigenvalue weighted by Gasteiger charge is -2.30. The summed E-state index contributed by atoms with van der Waals surface area (Å²) >= 11 is 0. The van der Waals surface area contributed by atoms with Gasteiger partial charge in [0.1, 0.15) is 0 Å². The van der Waals surface area contributed by atoms with Crippen molar-refractivity contribution >= 4 is 0 Å². The average Bonchev–Trinajstić information content (AvgIpc) is 2.44. The summed E-state index contributed by atoms with van der Waals surface area (Å²) in [6.07, 6.45) is 4.96. The van der Waals surface area contributed by atoms with Crippen LogP contribution >= 0.6 is 0 Å². The van der Waals surface area contributed by atoms with E-state index in [4.69, 9.17) is 20.1 Å². The summed E-state index contributed by atoms with van der Waals surface area (Å²) in [4.78, 5) is 0. The van der Waals surface area contributed by atoms with Crippen LogP contribution in [0.3, 0.4) is 0 Å². The number of methoxy groups -OCH3 is 3. The van der Waals surface area contributed by atoms with Gasteiger partial charge in [0.2, 0.25) is 5.75 Å². The van der Waals surface area contributed by atoms with Crippen molar-refractivity contribution in [3.05, 3.63) is 17.7 Å². The molecule has 0 spiro atoms. The minimum absolute atomic E-state index is 0.106.